The Morgan fingerprint density at radius 3 is 2.56 bits per heavy atom. The Labute approximate surface area is 120 Å². The predicted octanol–water partition coefficient (Wildman–Crippen LogP) is 4.31. The number of benzene rings is 1. The number of nitrogens with zero attached hydrogens (tertiary/aromatic N) is 1. The summed E-state index contributed by atoms with van der Waals surface area (Å²) < 4.78 is 1.10. The van der Waals surface area contributed by atoms with Gasteiger partial charge in [0.15, 0.2) is 0 Å². The Hall–Kier alpha value is -0.540. The van der Waals surface area contributed by atoms with Crippen LogP contribution in [0.5, 0.6) is 0 Å². The van der Waals surface area contributed by atoms with E-state index in [1.54, 1.807) is 0 Å². The summed E-state index contributed by atoms with van der Waals surface area (Å²) in [6.07, 6.45) is 3.79. The molecule has 0 saturated heterocycles. The van der Waals surface area contributed by atoms with Crippen LogP contribution in [0.3, 0.4) is 0 Å². The fraction of sp³-hybridized carbons (Fsp3) is 0.600. The summed E-state index contributed by atoms with van der Waals surface area (Å²) in [5.41, 5.74) is 8.37. The molecule has 0 saturated carbocycles. The van der Waals surface area contributed by atoms with Gasteiger partial charge in [-0.3, -0.25) is 0 Å². The van der Waals surface area contributed by atoms with Gasteiger partial charge in [0, 0.05) is 29.3 Å². The maximum atomic E-state index is 5.86. The third-order valence-electron chi connectivity index (χ3n) is 3.20. The first-order valence-electron chi connectivity index (χ1n) is 6.85. The van der Waals surface area contributed by atoms with Crippen LogP contribution in [-0.2, 0) is 6.54 Å². The van der Waals surface area contributed by atoms with Gasteiger partial charge in [-0.05, 0) is 44.0 Å². The highest BCUT2D eigenvalue weighted by molar-refractivity contribution is 9.10. The van der Waals surface area contributed by atoms with Crippen LogP contribution in [0.1, 0.15) is 45.6 Å². The number of unbranched alkanes of at least 4 members (excludes halogenated alkanes) is 2. The summed E-state index contributed by atoms with van der Waals surface area (Å²) in [4.78, 5) is 2.46. The molecule has 0 unspecified atom stereocenters. The molecule has 1 aromatic rings. The molecule has 0 aromatic heterocycles. The highest BCUT2D eigenvalue weighted by atomic mass is 79.9. The number of rotatable bonds is 7. The molecule has 0 fully saturated rings. The van der Waals surface area contributed by atoms with Gasteiger partial charge in [-0.15, -0.1) is 0 Å². The predicted molar refractivity (Wildman–Crippen MR) is 84.0 cm³/mol. The lowest BCUT2D eigenvalue weighted by atomic mass is 10.1. The molecule has 102 valence electrons. The lowest BCUT2D eigenvalue weighted by molar-refractivity contribution is 0.623. The number of hydrogen-bond donors (Lipinski definition) is 1. The first kappa shape index (κ1) is 15.5. The van der Waals surface area contributed by atoms with Crippen LogP contribution in [0.25, 0.3) is 0 Å². The first-order chi connectivity index (χ1) is 8.60. The third kappa shape index (κ3) is 4.29. The number of halogens is 1. The van der Waals surface area contributed by atoms with Gasteiger partial charge in [-0.25, -0.2) is 0 Å². The van der Waals surface area contributed by atoms with Crippen molar-refractivity contribution in [1.82, 2.24) is 0 Å². The summed E-state index contributed by atoms with van der Waals surface area (Å²) >= 11 is 3.51. The fourth-order valence-electron chi connectivity index (χ4n) is 2.19. The number of hydrogen-bond acceptors (Lipinski definition) is 2. The quantitative estimate of drug-likeness (QED) is 0.760. The van der Waals surface area contributed by atoms with Crippen molar-refractivity contribution < 1.29 is 0 Å². The monoisotopic (exact) mass is 312 g/mol. The van der Waals surface area contributed by atoms with E-state index < -0.39 is 0 Å². The standard InChI is InChI=1S/C15H25BrN2/c1-4-5-6-9-18(12(2)3)15-8-7-14(16)10-13(15)11-17/h7-8,10,12H,4-6,9,11,17H2,1-3H3. The molecule has 2 N–H and O–H groups in total. The summed E-state index contributed by atoms with van der Waals surface area (Å²) in [7, 11) is 0. The Morgan fingerprint density at radius 2 is 2.00 bits per heavy atom. The van der Waals surface area contributed by atoms with Gasteiger partial charge in [0.2, 0.25) is 0 Å². The smallest absolute Gasteiger partial charge is 0.0414 e. The average molecular weight is 313 g/mol. The minimum atomic E-state index is 0.508. The van der Waals surface area contributed by atoms with Gasteiger partial charge in [0.1, 0.15) is 0 Å². The van der Waals surface area contributed by atoms with Crippen LogP contribution in [0.2, 0.25) is 0 Å². The van der Waals surface area contributed by atoms with Crippen LogP contribution >= 0.6 is 15.9 Å². The molecule has 0 bridgehead atoms. The van der Waals surface area contributed by atoms with Crippen LogP contribution < -0.4 is 10.6 Å². The van der Waals surface area contributed by atoms with E-state index in [9.17, 15) is 0 Å². The first-order valence-corrected chi connectivity index (χ1v) is 7.64. The van der Waals surface area contributed by atoms with Crippen molar-refractivity contribution >= 4 is 21.6 Å². The highest BCUT2D eigenvalue weighted by Gasteiger charge is 2.13. The average Bonchev–Trinajstić information content (AvgIpc) is 2.35. The molecule has 1 aromatic carbocycles. The Balaban J connectivity index is 2.90. The highest BCUT2D eigenvalue weighted by Crippen LogP contribution is 2.26. The second kappa shape index (κ2) is 7.80. The summed E-state index contributed by atoms with van der Waals surface area (Å²) in [6, 6.07) is 6.92. The topological polar surface area (TPSA) is 29.3 Å². The second-order valence-corrected chi connectivity index (χ2v) is 5.89. The van der Waals surface area contributed by atoms with Gasteiger partial charge in [0.05, 0.1) is 0 Å². The minimum Gasteiger partial charge on any atom is -0.369 e. The molecular weight excluding hydrogens is 288 g/mol. The fourth-order valence-corrected chi connectivity index (χ4v) is 2.60. The minimum absolute atomic E-state index is 0.508. The lowest BCUT2D eigenvalue weighted by Gasteiger charge is -2.31. The lowest BCUT2D eigenvalue weighted by Crippen LogP contribution is -2.32. The van der Waals surface area contributed by atoms with Crippen LogP contribution in [0, 0.1) is 0 Å². The Morgan fingerprint density at radius 1 is 1.28 bits per heavy atom. The van der Waals surface area contributed by atoms with Crippen molar-refractivity contribution in [2.45, 2.75) is 52.6 Å². The molecule has 0 radical (unpaired) electrons. The summed E-state index contributed by atoms with van der Waals surface area (Å²) in [5, 5.41) is 0. The van der Waals surface area contributed by atoms with Crippen LogP contribution in [0.15, 0.2) is 22.7 Å². The van der Waals surface area contributed by atoms with Gasteiger partial charge >= 0.3 is 0 Å². The Kier molecular flexibility index (Phi) is 6.72. The molecule has 0 heterocycles. The molecular formula is C15H25BrN2. The van der Waals surface area contributed by atoms with Crippen LogP contribution in [0.4, 0.5) is 5.69 Å². The zero-order chi connectivity index (χ0) is 13.5. The molecule has 0 atom stereocenters. The normalized spacial score (nSPS) is 11.0. The third-order valence-corrected chi connectivity index (χ3v) is 3.69. The summed E-state index contributed by atoms with van der Waals surface area (Å²) in [5.74, 6) is 0. The van der Waals surface area contributed by atoms with Crippen molar-refractivity contribution in [2.24, 2.45) is 5.73 Å². The molecule has 3 heteroatoms. The zero-order valence-electron chi connectivity index (χ0n) is 11.7. The van der Waals surface area contributed by atoms with E-state index in [4.69, 9.17) is 5.73 Å². The maximum absolute atomic E-state index is 5.86. The van der Waals surface area contributed by atoms with Crippen molar-refractivity contribution in [3.05, 3.63) is 28.2 Å². The van der Waals surface area contributed by atoms with Crippen molar-refractivity contribution in [1.29, 1.82) is 0 Å². The number of nitrogens with two attached hydrogens (primary N) is 1. The molecule has 0 aliphatic carbocycles. The SMILES string of the molecule is CCCCCN(c1ccc(Br)cc1CN)C(C)C. The van der Waals surface area contributed by atoms with E-state index in [1.807, 2.05) is 0 Å². The van der Waals surface area contributed by atoms with Gasteiger partial charge in [-0.1, -0.05) is 35.7 Å². The molecule has 0 aliphatic rings. The van der Waals surface area contributed by atoms with Gasteiger partial charge < -0.3 is 10.6 Å². The number of anilines is 1. The van der Waals surface area contributed by atoms with Crippen LogP contribution in [-0.4, -0.2) is 12.6 Å². The molecule has 1 rings (SSSR count). The second-order valence-electron chi connectivity index (χ2n) is 4.97. The summed E-state index contributed by atoms with van der Waals surface area (Å²) in [6.45, 7) is 8.43. The largest absolute Gasteiger partial charge is 0.369 e. The molecule has 2 nitrogen and oxygen atoms in total. The molecule has 18 heavy (non-hydrogen) atoms. The van der Waals surface area contributed by atoms with E-state index in [2.05, 4.69) is 59.8 Å². The van der Waals surface area contributed by atoms with E-state index in [0.717, 1.165) is 11.0 Å². The van der Waals surface area contributed by atoms with E-state index in [-0.39, 0.29) is 0 Å². The molecule has 0 amide bonds. The van der Waals surface area contributed by atoms with Gasteiger partial charge in [0.25, 0.3) is 0 Å². The van der Waals surface area contributed by atoms with Crippen molar-refractivity contribution in [3.63, 3.8) is 0 Å². The maximum Gasteiger partial charge on any atom is 0.0414 e. The van der Waals surface area contributed by atoms with E-state index in [0.29, 0.717) is 12.6 Å². The zero-order valence-corrected chi connectivity index (χ0v) is 13.3. The van der Waals surface area contributed by atoms with Crippen molar-refractivity contribution in [3.8, 4) is 0 Å². The van der Waals surface area contributed by atoms with Crippen molar-refractivity contribution in [2.75, 3.05) is 11.4 Å². The molecule has 0 aliphatic heterocycles. The Bertz CT molecular complexity index is 364. The van der Waals surface area contributed by atoms with E-state index in [1.165, 1.54) is 30.5 Å². The van der Waals surface area contributed by atoms with Gasteiger partial charge in [-0.2, -0.15) is 0 Å². The van der Waals surface area contributed by atoms with E-state index >= 15 is 0 Å². The molecule has 0 spiro atoms.